The van der Waals surface area contributed by atoms with Gasteiger partial charge in [0.1, 0.15) is 11.2 Å². The summed E-state index contributed by atoms with van der Waals surface area (Å²) in [4.78, 5) is 2.38. The fraction of sp³-hybridized carbons (Fsp3) is 0. The summed E-state index contributed by atoms with van der Waals surface area (Å²) in [7, 11) is 0. The van der Waals surface area contributed by atoms with E-state index in [-0.39, 0.29) is 0 Å². The van der Waals surface area contributed by atoms with E-state index in [0.29, 0.717) is 0 Å². The van der Waals surface area contributed by atoms with Gasteiger partial charge in [0.25, 0.3) is 0 Å². The molecule has 1 heterocycles. The van der Waals surface area contributed by atoms with Crippen molar-refractivity contribution in [1.82, 2.24) is 0 Å². The summed E-state index contributed by atoms with van der Waals surface area (Å²) in [6.07, 6.45) is 0. The Morgan fingerprint density at radius 3 is 1.27 bits per heavy atom. The Morgan fingerprint density at radius 1 is 0.242 bits per heavy atom. The van der Waals surface area contributed by atoms with Gasteiger partial charge < -0.3 is 9.32 Å². The SMILES string of the molecule is c1ccc(-c2cc(-c3ccccc3)cc(-c3ccc(N(c4ccc5c(c4)oc4ccccc45)c4ccccc4-c4ccccc4-c4ccccc4-c4ccccc4)cc3)c2)cc1. The van der Waals surface area contributed by atoms with Crippen molar-refractivity contribution in [3.63, 3.8) is 0 Å². The van der Waals surface area contributed by atoms with Gasteiger partial charge in [-0.3, -0.25) is 0 Å². The molecule has 2 nitrogen and oxygen atoms in total. The number of hydrogen-bond acceptors (Lipinski definition) is 2. The van der Waals surface area contributed by atoms with Gasteiger partial charge in [0.05, 0.1) is 5.69 Å². The quantitative estimate of drug-likeness (QED) is 0.145. The molecule has 10 aromatic carbocycles. The van der Waals surface area contributed by atoms with E-state index in [0.717, 1.165) is 55.7 Å². The first kappa shape index (κ1) is 36.8. The van der Waals surface area contributed by atoms with E-state index < -0.39 is 0 Å². The zero-order valence-electron chi connectivity index (χ0n) is 34.0. The highest BCUT2D eigenvalue weighted by molar-refractivity contribution is 6.06. The zero-order chi connectivity index (χ0) is 41.2. The van der Waals surface area contributed by atoms with Crippen molar-refractivity contribution < 1.29 is 4.42 Å². The van der Waals surface area contributed by atoms with E-state index in [1.54, 1.807) is 0 Å². The van der Waals surface area contributed by atoms with E-state index in [4.69, 9.17) is 4.42 Å². The van der Waals surface area contributed by atoms with E-state index in [1.807, 2.05) is 12.1 Å². The molecule has 62 heavy (non-hydrogen) atoms. The van der Waals surface area contributed by atoms with Crippen molar-refractivity contribution in [3.8, 4) is 66.8 Å². The molecule has 292 valence electrons. The lowest BCUT2D eigenvalue weighted by molar-refractivity contribution is 0.669. The molecule has 0 atom stereocenters. The lowest BCUT2D eigenvalue weighted by Crippen LogP contribution is -2.11. The third-order valence-electron chi connectivity index (χ3n) is 11.9. The normalized spacial score (nSPS) is 11.2. The van der Waals surface area contributed by atoms with Crippen LogP contribution in [0.4, 0.5) is 17.1 Å². The standard InChI is InChI=1S/C60H41NO/c1-4-18-42(19-5-1)46-38-47(43-20-6-2-7-21-43)40-48(39-46)44-32-34-49(35-33-44)61(50-36-37-57-56-29-15-17-31-59(56)62-60(57)41-50)58-30-16-14-28-55(58)54-27-13-12-26-53(54)52-25-11-10-24-51(52)45-22-8-3-9-23-45/h1-41H. The number of rotatable bonds is 9. The highest BCUT2D eigenvalue weighted by Gasteiger charge is 2.21. The van der Waals surface area contributed by atoms with Crippen LogP contribution in [0.5, 0.6) is 0 Å². The van der Waals surface area contributed by atoms with E-state index in [9.17, 15) is 0 Å². The smallest absolute Gasteiger partial charge is 0.137 e. The number of furan rings is 1. The molecule has 2 heteroatoms. The molecule has 0 unspecified atom stereocenters. The first-order valence-electron chi connectivity index (χ1n) is 21.2. The van der Waals surface area contributed by atoms with Crippen molar-refractivity contribution >= 4 is 39.0 Å². The fourth-order valence-electron chi connectivity index (χ4n) is 8.91. The molecule has 0 N–H and O–H groups in total. The van der Waals surface area contributed by atoms with Gasteiger partial charge >= 0.3 is 0 Å². The monoisotopic (exact) mass is 791 g/mol. The Kier molecular flexibility index (Phi) is 9.57. The maximum Gasteiger partial charge on any atom is 0.137 e. The van der Waals surface area contributed by atoms with Crippen molar-refractivity contribution in [2.75, 3.05) is 4.90 Å². The summed E-state index contributed by atoms with van der Waals surface area (Å²) in [5, 5.41) is 2.22. The van der Waals surface area contributed by atoms with Gasteiger partial charge in [-0.05, 0) is 116 Å². The Morgan fingerprint density at radius 2 is 0.661 bits per heavy atom. The second-order valence-electron chi connectivity index (χ2n) is 15.7. The topological polar surface area (TPSA) is 16.4 Å². The summed E-state index contributed by atoms with van der Waals surface area (Å²) in [6.45, 7) is 0. The zero-order valence-corrected chi connectivity index (χ0v) is 34.0. The minimum Gasteiger partial charge on any atom is -0.456 e. The predicted molar refractivity (Wildman–Crippen MR) is 261 cm³/mol. The summed E-state index contributed by atoms with van der Waals surface area (Å²) < 4.78 is 6.51. The summed E-state index contributed by atoms with van der Waals surface area (Å²) in [5.74, 6) is 0. The Labute approximate surface area is 362 Å². The molecule has 0 aliphatic rings. The molecule has 0 saturated carbocycles. The number of hydrogen-bond donors (Lipinski definition) is 0. The van der Waals surface area contributed by atoms with Gasteiger partial charge in [-0.2, -0.15) is 0 Å². The number of para-hydroxylation sites is 2. The molecular weight excluding hydrogens is 751 g/mol. The van der Waals surface area contributed by atoms with Crippen LogP contribution < -0.4 is 4.90 Å². The summed E-state index contributed by atoms with van der Waals surface area (Å²) in [6, 6.07) is 89.1. The Hall–Kier alpha value is -8.20. The minimum atomic E-state index is 0.853. The average molecular weight is 792 g/mol. The van der Waals surface area contributed by atoms with Gasteiger partial charge in [-0.15, -0.1) is 0 Å². The van der Waals surface area contributed by atoms with Crippen LogP contribution in [0.1, 0.15) is 0 Å². The van der Waals surface area contributed by atoms with E-state index in [2.05, 4.69) is 241 Å². The van der Waals surface area contributed by atoms with Gasteiger partial charge in [0, 0.05) is 33.8 Å². The Bertz CT molecular complexity index is 3270. The molecule has 0 radical (unpaired) electrons. The van der Waals surface area contributed by atoms with Crippen LogP contribution in [-0.4, -0.2) is 0 Å². The van der Waals surface area contributed by atoms with Crippen LogP contribution in [0, 0.1) is 0 Å². The number of fused-ring (bicyclic) bond motifs is 3. The maximum absolute atomic E-state index is 6.51. The van der Waals surface area contributed by atoms with Crippen LogP contribution in [0.2, 0.25) is 0 Å². The first-order valence-corrected chi connectivity index (χ1v) is 21.2. The van der Waals surface area contributed by atoms with Crippen molar-refractivity contribution in [2.24, 2.45) is 0 Å². The van der Waals surface area contributed by atoms with Crippen LogP contribution in [0.25, 0.3) is 88.7 Å². The van der Waals surface area contributed by atoms with Gasteiger partial charge in [-0.25, -0.2) is 0 Å². The van der Waals surface area contributed by atoms with Gasteiger partial charge in [-0.1, -0.05) is 188 Å². The molecule has 0 fully saturated rings. The molecule has 0 saturated heterocycles. The first-order chi connectivity index (χ1) is 30.7. The highest BCUT2D eigenvalue weighted by atomic mass is 16.3. The number of benzene rings is 10. The van der Waals surface area contributed by atoms with E-state index in [1.165, 1.54) is 50.1 Å². The Balaban J connectivity index is 1.08. The van der Waals surface area contributed by atoms with Gasteiger partial charge in [0.15, 0.2) is 0 Å². The number of nitrogens with zero attached hydrogens (tertiary/aromatic N) is 1. The lowest BCUT2D eigenvalue weighted by Gasteiger charge is -2.28. The van der Waals surface area contributed by atoms with Crippen molar-refractivity contribution in [3.05, 3.63) is 249 Å². The molecule has 1 aromatic heterocycles. The summed E-state index contributed by atoms with van der Waals surface area (Å²) in [5.41, 5.74) is 19.0. The fourth-order valence-corrected chi connectivity index (χ4v) is 8.91. The molecule has 0 bridgehead atoms. The molecule has 0 spiro atoms. The predicted octanol–water partition coefficient (Wildman–Crippen LogP) is 17.1. The van der Waals surface area contributed by atoms with Crippen LogP contribution in [0.15, 0.2) is 253 Å². The minimum absolute atomic E-state index is 0.853. The average Bonchev–Trinajstić information content (AvgIpc) is 3.73. The van der Waals surface area contributed by atoms with Crippen LogP contribution in [-0.2, 0) is 0 Å². The molecule has 0 aliphatic heterocycles. The second-order valence-corrected chi connectivity index (χ2v) is 15.7. The molecule has 11 rings (SSSR count). The summed E-state index contributed by atoms with van der Waals surface area (Å²) >= 11 is 0. The van der Waals surface area contributed by atoms with E-state index >= 15 is 0 Å². The molecule has 0 aliphatic carbocycles. The largest absolute Gasteiger partial charge is 0.456 e. The molecular formula is C60H41NO. The number of anilines is 3. The third kappa shape index (κ3) is 6.94. The second kappa shape index (κ2) is 16.1. The maximum atomic E-state index is 6.51. The third-order valence-corrected chi connectivity index (χ3v) is 11.9. The molecule has 11 aromatic rings. The lowest BCUT2D eigenvalue weighted by atomic mass is 9.88. The van der Waals surface area contributed by atoms with Crippen molar-refractivity contribution in [2.45, 2.75) is 0 Å². The van der Waals surface area contributed by atoms with Crippen LogP contribution in [0.3, 0.4) is 0 Å². The van der Waals surface area contributed by atoms with Crippen LogP contribution >= 0.6 is 0 Å². The van der Waals surface area contributed by atoms with Gasteiger partial charge in [0.2, 0.25) is 0 Å². The highest BCUT2D eigenvalue weighted by Crippen LogP contribution is 2.46. The molecule has 0 amide bonds. The van der Waals surface area contributed by atoms with Crippen molar-refractivity contribution in [1.29, 1.82) is 0 Å².